The van der Waals surface area contributed by atoms with Crippen LogP contribution in [0.2, 0.25) is 10.0 Å². The summed E-state index contributed by atoms with van der Waals surface area (Å²) in [5, 5.41) is 1.31. The normalized spacial score (nSPS) is 17.9. The van der Waals surface area contributed by atoms with Crippen LogP contribution in [-0.4, -0.2) is 11.6 Å². The maximum atomic E-state index is 13.8. The lowest BCUT2D eigenvalue weighted by molar-refractivity contribution is 0.101. The molecule has 6 rings (SSSR count). The van der Waals surface area contributed by atoms with Crippen LogP contribution in [0.3, 0.4) is 0 Å². The highest BCUT2D eigenvalue weighted by molar-refractivity contribution is 6.31. The Morgan fingerprint density at radius 2 is 0.800 bits per heavy atom. The van der Waals surface area contributed by atoms with Gasteiger partial charge in [0, 0.05) is 44.2 Å². The van der Waals surface area contributed by atoms with E-state index in [0.29, 0.717) is 32.3 Å². The molecule has 0 heterocycles. The minimum atomic E-state index is -0.148. The first kappa shape index (κ1) is 26.3. The fourth-order valence-corrected chi connectivity index (χ4v) is 5.94. The molecule has 2 nitrogen and oxygen atoms in total. The third-order valence-corrected chi connectivity index (χ3v) is 8.51. The summed E-state index contributed by atoms with van der Waals surface area (Å²) in [7, 11) is 0. The molecular weight excluding hydrogens is 535 g/mol. The number of fused-ring (bicyclic) bond motifs is 2. The average Bonchev–Trinajstić information content (AvgIpc) is 2.98. The number of hydrogen-bond acceptors (Lipinski definition) is 2. The summed E-state index contributed by atoms with van der Waals surface area (Å²) in [5.41, 5.74) is 8.38. The lowest BCUT2D eigenvalue weighted by Crippen LogP contribution is -2.19. The largest absolute Gasteiger partial charge is 0.289 e. The number of rotatable bonds is 4. The van der Waals surface area contributed by atoms with E-state index in [9.17, 15) is 9.59 Å². The molecule has 4 aromatic rings. The van der Waals surface area contributed by atoms with E-state index in [-0.39, 0.29) is 23.4 Å². The van der Waals surface area contributed by atoms with Gasteiger partial charge in [-0.3, -0.25) is 9.59 Å². The molecule has 0 radical (unpaired) electrons. The molecule has 2 atom stereocenters. The van der Waals surface area contributed by atoms with Gasteiger partial charge >= 0.3 is 0 Å². The molecule has 2 aliphatic carbocycles. The van der Waals surface area contributed by atoms with E-state index in [1.807, 2.05) is 123 Å². The zero-order chi connectivity index (χ0) is 28.0. The maximum Gasteiger partial charge on any atom is 0.190 e. The summed E-state index contributed by atoms with van der Waals surface area (Å²) in [6.07, 6.45) is 4.04. The fraction of sp³-hybridized carbons (Fsp3) is 0.111. The second-order valence-electron chi connectivity index (χ2n) is 10.3. The van der Waals surface area contributed by atoms with Crippen molar-refractivity contribution in [3.8, 4) is 0 Å². The minimum Gasteiger partial charge on any atom is -0.289 e. The van der Waals surface area contributed by atoms with E-state index in [4.69, 9.17) is 23.2 Å². The molecule has 0 aromatic heterocycles. The Morgan fingerprint density at radius 1 is 0.475 bits per heavy atom. The molecule has 2 aliphatic rings. The Bertz CT molecular complexity index is 1620. The molecule has 0 saturated carbocycles. The van der Waals surface area contributed by atoms with Gasteiger partial charge in [0.15, 0.2) is 11.6 Å². The number of hydrogen-bond donors (Lipinski definition) is 0. The molecule has 0 fully saturated rings. The molecule has 2 unspecified atom stereocenters. The smallest absolute Gasteiger partial charge is 0.190 e. The third-order valence-electron chi connectivity index (χ3n) is 8.01. The minimum absolute atomic E-state index is 0.0151. The molecule has 40 heavy (non-hydrogen) atoms. The molecule has 4 aromatic carbocycles. The van der Waals surface area contributed by atoms with Crippen molar-refractivity contribution in [2.24, 2.45) is 0 Å². The summed E-state index contributed by atoms with van der Waals surface area (Å²) >= 11 is 12.3. The van der Waals surface area contributed by atoms with Gasteiger partial charge in [0.25, 0.3) is 0 Å². The van der Waals surface area contributed by atoms with Gasteiger partial charge < -0.3 is 0 Å². The van der Waals surface area contributed by atoms with Crippen molar-refractivity contribution >= 4 is 45.9 Å². The van der Waals surface area contributed by atoms with E-state index < -0.39 is 0 Å². The van der Waals surface area contributed by atoms with Crippen LogP contribution >= 0.6 is 23.2 Å². The van der Waals surface area contributed by atoms with Gasteiger partial charge in [-0.1, -0.05) is 110 Å². The van der Waals surface area contributed by atoms with Crippen LogP contribution in [0.1, 0.15) is 68.7 Å². The quantitative estimate of drug-likeness (QED) is 0.249. The van der Waals surface area contributed by atoms with Crippen LogP contribution in [-0.2, 0) is 0 Å². The molecule has 0 aliphatic heterocycles. The molecule has 0 amide bonds. The summed E-state index contributed by atoms with van der Waals surface area (Å²) in [5.74, 6) is -0.265. The number of benzene rings is 4. The molecule has 0 N–H and O–H groups in total. The molecular formula is C36H26Cl2O2. The van der Waals surface area contributed by atoms with E-state index in [2.05, 4.69) is 0 Å². The monoisotopic (exact) mass is 560 g/mol. The predicted octanol–water partition coefficient (Wildman–Crippen LogP) is 9.76. The van der Waals surface area contributed by atoms with Crippen molar-refractivity contribution in [2.45, 2.75) is 25.7 Å². The van der Waals surface area contributed by atoms with Crippen molar-refractivity contribution in [3.63, 3.8) is 0 Å². The summed E-state index contributed by atoms with van der Waals surface area (Å²) in [4.78, 5) is 27.6. The fourth-order valence-electron chi connectivity index (χ4n) is 5.69. The van der Waals surface area contributed by atoms with Crippen molar-refractivity contribution in [2.75, 3.05) is 0 Å². The predicted molar refractivity (Wildman–Crippen MR) is 164 cm³/mol. The first-order chi connectivity index (χ1) is 19.3. The summed E-state index contributed by atoms with van der Waals surface area (Å²) < 4.78 is 0. The highest BCUT2D eigenvalue weighted by Crippen LogP contribution is 2.44. The van der Waals surface area contributed by atoms with Crippen LogP contribution in [0.4, 0.5) is 0 Å². The molecule has 0 saturated heterocycles. The number of carbonyl (C=O) groups excluding carboxylic acids is 2. The van der Waals surface area contributed by atoms with Crippen molar-refractivity contribution in [1.82, 2.24) is 0 Å². The Kier molecular flexibility index (Phi) is 6.92. The van der Waals surface area contributed by atoms with Crippen LogP contribution in [0.15, 0.2) is 120 Å². The topological polar surface area (TPSA) is 34.1 Å². The maximum absolute atomic E-state index is 13.8. The van der Waals surface area contributed by atoms with Gasteiger partial charge in [0.05, 0.1) is 0 Å². The number of allylic oxidation sites excluding steroid dienone is 6. The van der Waals surface area contributed by atoms with Gasteiger partial charge in [-0.15, -0.1) is 0 Å². The van der Waals surface area contributed by atoms with E-state index in [0.717, 1.165) is 33.4 Å². The summed E-state index contributed by atoms with van der Waals surface area (Å²) in [6, 6.07) is 30.7. The Hall–Kier alpha value is -3.98. The molecule has 4 heteroatoms. The number of carbonyl (C=O) groups is 2. The van der Waals surface area contributed by atoms with Gasteiger partial charge in [-0.25, -0.2) is 0 Å². The molecule has 196 valence electrons. The van der Waals surface area contributed by atoms with Gasteiger partial charge in [0.2, 0.25) is 0 Å². The standard InChI is InChI=1S/C36H26Cl2O2/c1-21(23-11-15-25(37)16-12-23)31-19-33(27-7-3-5-9-29(27)35(31)39)34-20-32(22(2)24-13-17-26(38)18-14-24)36(40)30-10-6-4-8-28(30)34/h3-22H,1-2H3/b34-33+. The van der Waals surface area contributed by atoms with Crippen LogP contribution in [0, 0.1) is 0 Å². The molecule has 0 bridgehead atoms. The zero-order valence-corrected chi connectivity index (χ0v) is 23.6. The van der Waals surface area contributed by atoms with Gasteiger partial charge in [0.1, 0.15) is 0 Å². The van der Waals surface area contributed by atoms with Crippen molar-refractivity contribution in [3.05, 3.63) is 164 Å². The summed E-state index contributed by atoms with van der Waals surface area (Å²) in [6.45, 7) is 4.09. The first-order valence-corrected chi connectivity index (χ1v) is 14.1. The first-order valence-electron chi connectivity index (χ1n) is 13.3. The van der Waals surface area contributed by atoms with Crippen LogP contribution in [0.25, 0.3) is 11.1 Å². The van der Waals surface area contributed by atoms with Gasteiger partial charge in [-0.05, 0) is 69.8 Å². The van der Waals surface area contributed by atoms with Gasteiger partial charge in [-0.2, -0.15) is 0 Å². The lowest BCUT2D eigenvalue weighted by atomic mass is 9.74. The number of halogens is 2. The molecule has 0 spiro atoms. The van der Waals surface area contributed by atoms with Crippen molar-refractivity contribution < 1.29 is 9.59 Å². The third kappa shape index (κ3) is 4.58. The van der Waals surface area contributed by atoms with E-state index in [1.165, 1.54) is 0 Å². The highest BCUT2D eigenvalue weighted by atomic mass is 35.5. The lowest BCUT2D eigenvalue weighted by Gasteiger charge is -2.28. The van der Waals surface area contributed by atoms with E-state index >= 15 is 0 Å². The number of ketones is 2. The average molecular weight is 562 g/mol. The Labute approximate surface area is 244 Å². The van der Waals surface area contributed by atoms with Crippen LogP contribution < -0.4 is 0 Å². The van der Waals surface area contributed by atoms with Crippen LogP contribution in [0.5, 0.6) is 0 Å². The SMILES string of the molecule is CC(C1=C/C(=C2/C=C(C(C)c3ccc(Cl)cc3)C(=O)c3ccccc32)c2ccccc2C1=O)c1ccc(Cl)cc1. The van der Waals surface area contributed by atoms with E-state index in [1.54, 1.807) is 0 Å². The van der Waals surface area contributed by atoms with Crippen molar-refractivity contribution in [1.29, 1.82) is 0 Å². The Morgan fingerprint density at radius 3 is 1.15 bits per heavy atom. The zero-order valence-electron chi connectivity index (χ0n) is 22.1. The Balaban J connectivity index is 1.59. The number of Topliss-reactive ketones (excluding diaryl/α,β-unsaturated/α-hetero) is 2. The second-order valence-corrected chi connectivity index (χ2v) is 11.2. The highest BCUT2D eigenvalue weighted by Gasteiger charge is 2.32. The second kappa shape index (κ2) is 10.5.